The number of hydrogen-bond donors (Lipinski definition) is 0. The summed E-state index contributed by atoms with van der Waals surface area (Å²) in [5.74, 6) is -0.133. The lowest BCUT2D eigenvalue weighted by Crippen LogP contribution is -2.17. The number of carbonyl (C=O) groups is 1. The normalized spacial score (nSPS) is 17.1. The van der Waals surface area contributed by atoms with Crippen molar-refractivity contribution in [2.75, 3.05) is 12.8 Å². The fourth-order valence-corrected chi connectivity index (χ4v) is 3.03. The van der Waals surface area contributed by atoms with Gasteiger partial charge < -0.3 is 4.52 Å². The van der Waals surface area contributed by atoms with E-state index in [0.717, 1.165) is 12.8 Å². The van der Waals surface area contributed by atoms with Crippen LogP contribution in [0.15, 0.2) is 0 Å². The highest BCUT2D eigenvalue weighted by Crippen LogP contribution is 2.50. The Balaban J connectivity index is 4.36. The molecule has 2 unspecified atom stereocenters. The van der Waals surface area contributed by atoms with Crippen molar-refractivity contribution in [1.82, 2.24) is 0 Å². The maximum absolute atomic E-state index is 12.1. The predicted molar refractivity (Wildman–Crippen MR) is 60.2 cm³/mol. The first kappa shape index (κ1) is 14.8. The summed E-state index contributed by atoms with van der Waals surface area (Å²) in [6, 6.07) is 0. The van der Waals surface area contributed by atoms with Crippen molar-refractivity contribution in [1.29, 1.82) is 0 Å². The molecule has 0 aromatic carbocycles. The van der Waals surface area contributed by atoms with Crippen LogP contribution in [0.2, 0.25) is 0 Å². The zero-order chi connectivity index (χ0) is 11.9. The molecule has 2 atom stereocenters. The first-order valence-electron chi connectivity index (χ1n) is 5.37. The van der Waals surface area contributed by atoms with Crippen LogP contribution in [0, 0.1) is 0 Å². The van der Waals surface area contributed by atoms with Crippen molar-refractivity contribution < 1.29 is 18.4 Å². The van der Waals surface area contributed by atoms with E-state index < -0.39 is 13.7 Å². The van der Waals surface area contributed by atoms with Crippen molar-refractivity contribution in [3.05, 3.63) is 0 Å². The summed E-state index contributed by atoms with van der Waals surface area (Å²) in [6.45, 7) is 7.12. The number of carbonyl (C=O) groups excluding carboxylic acids is 1. The number of Topliss-reactive ketones (excluding diaryl/α,β-unsaturated/α-hetero) is 1. The third kappa shape index (κ3) is 6.08. The Morgan fingerprint density at radius 3 is 2.40 bits per heavy atom. The third-order valence-electron chi connectivity index (χ3n) is 2.00. The third-order valence-corrected chi connectivity index (χ3v) is 4.16. The van der Waals surface area contributed by atoms with E-state index in [-0.39, 0.29) is 5.78 Å². The Morgan fingerprint density at radius 2 is 2.00 bits per heavy atom. The Hall–Kier alpha value is -0.180. The molecule has 0 fully saturated rings. The topological polar surface area (TPSA) is 52.6 Å². The lowest BCUT2D eigenvalue weighted by Gasteiger charge is -2.20. The molecule has 90 valence electrons. The van der Waals surface area contributed by atoms with Gasteiger partial charge >= 0.3 is 7.60 Å². The molecule has 0 spiro atoms. The highest BCUT2D eigenvalue weighted by molar-refractivity contribution is 7.53. The number of unbranched alkanes of at least 4 members (excludes halogenated alkanes) is 1. The van der Waals surface area contributed by atoms with Crippen molar-refractivity contribution >= 4 is 13.4 Å². The van der Waals surface area contributed by atoms with Gasteiger partial charge in [-0.1, -0.05) is 13.3 Å². The predicted octanol–water partition coefficient (Wildman–Crippen LogP) is 3.01. The van der Waals surface area contributed by atoms with Gasteiger partial charge in [-0.3, -0.25) is 13.9 Å². The highest BCUT2D eigenvalue weighted by atomic mass is 31.2. The first-order chi connectivity index (χ1) is 6.95. The molecule has 0 aromatic rings. The molecule has 0 saturated carbocycles. The molecule has 0 rings (SSSR count). The molecule has 0 aromatic heterocycles. The van der Waals surface area contributed by atoms with Crippen LogP contribution in [0.3, 0.4) is 0 Å². The van der Waals surface area contributed by atoms with Crippen molar-refractivity contribution in [2.24, 2.45) is 0 Å². The second kappa shape index (κ2) is 7.15. The molecule has 0 saturated heterocycles. The molecule has 15 heavy (non-hydrogen) atoms. The standard InChI is InChI=1S/C10H21O4P/c1-5-7-8-15(12,13-6-2)14-10(4)9(3)11/h10H,5-8H2,1-4H3. The van der Waals surface area contributed by atoms with Crippen LogP contribution in [0.25, 0.3) is 0 Å². The summed E-state index contributed by atoms with van der Waals surface area (Å²) in [4.78, 5) is 11.0. The molecular formula is C10H21O4P. The summed E-state index contributed by atoms with van der Waals surface area (Å²) in [5, 5.41) is 0. The summed E-state index contributed by atoms with van der Waals surface area (Å²) in [6.07, 6.45) is 1.44. The average molecular weight is 236 g/mol. The van der Waals surface area contributed by atoms with Gasteiger partial charge in [0, 0.05) is 0 Å². The van der Waals surface area contributed by atoms with Gasteiger partial charge in [-0.15, -0.1) is 0 Å². The van der Waals surface area contributed by atoms with E-state index in [9.17, 15) is 9.36 Å². The van der Waals surface area contributed by atoms with E-state index >= 15 is 0 Å². The van der Waals surface area contributed by atoms with Crippen LogP contribution < -0.4 is 0 Å². The SMILES string of the molecule is CCCCP(=O)(OCC)OC(C)C(C)=O. The first-order valence-corrected chi connectivity index (χ1v) is 7.10. The summed E-state index contributed by atoms with van der Waals surface area (Å²) >= 11 is 0. The molecule has 0 aliphatic carbocycles. The van der Waals surface area contributed by atoms with Crippen LogP contribution in [0.5, 0.6) is 0 Å². The van der Waals surface area contributed by atoms with E-state index in [0.29, 0.717) is 12.8 Å². The number of rotatable bonds is 8. The van der Waals surface area contributed by atoms with Crippen LogP contribution in [-0.4, -0.2) is 24.7 Å². The minimum Gasteiger partial charge on any atom is -0.309 e. The van der Waals surface area contributed by atoms with Crippen LogP contribution in [-0.2, 0) is 18.4 Å². The molecule has 0 amide bonds. The van der Waals surface area contributed by atoms with Gasteiger partial charge in [0.25, 0.3) is 0 Å². The molecule has 0 heterocycles. The molecular weight excluding hydrogens is 215 g/mol. The zero-order valence-electron chi connectivity index (χ0n) is 9.99. The summed E-state index contributed by atoms with van der Waals surface area (Å²) in [5.41, 5.74) is 0. The largest absolute Gasteiger partial charge is 0.331 e. The Kier molecular flexibility index (Phi) is 7.07. The average Bonchev–Trinajstić information content (AvgIpc) is 2.15. The minimum atomic E-state index is -3.07. The highest BCUT2D eigenvalue weighted by Gasteiger charge is 2.27. The smallest absolute Gasteiger partial charge is 0.309 e. The Labute approximate surface area is 91.9 Å². The lowest BCUT2D eigenvalue weighted by atomic mass is 10.3. The van der Waals surface area contributed by atoms with Crippen molar-refractivity contribution in [3.63, 3.8) is 0 Å². The van der Waals surface area contributed by atoms with Gasteiger partial charge in [-0.25, -0.2) is 0 Å². The second-order valence-electron chi connectivity index (χ2n) is 3.46. The van der Waals surface area contributed by atoms with Crippen LogP contribution >= 0.6 is 7.60 Å². The molecule has 0 aliphatic rings. The van der Waals surface area contributed by atoms with E-state index in [1.54, 1.807) is 13.8 Å². The Bertz CT molecular complexity index is 240. The molecule has 0 aliphatic heterocycles. The van der Waals surface area contributed by atoms with E-state index in [1.165, 1.54) is 6.92 Å². The van der Waals surface area contributed by atoms with E-state index in [4.69, 9.17) is 9.05 Å². The van der Waals surface area contributed by atoms with E-state index in [2.05, 4.69) is 0 Å². The monoisotopic (exact) mass is 236 g/mol. The van der Waals surface area contributed by atoms with E-state index in [1.807, 2.05) is 6.92 Å². The van der Waals surface area contributed by atoms with Crippen LogP contribution in [0.4, 0.5) is 0 Å². The number of hydrogen-bond acceptors (Lipinski definition) is 4. The maximum atomic E-state index is 12.1. The second-order valence-corrected chi connectivity index (χ2v) is 5.60. The van der Waals surface area contributed by atoms with Gasteiger partial charge in [-0.05, 0) is 27.2 Å². The van der Waals surface area contributed by atoms with Gasteiger partial charge in [0.15, 0.2) is 5.78 Å². The molecule has 5 heteroatoms. The van der Waals surface area contributed by atoms with Crippen molar-refractivity contribution in [3.8, 4) is 0 Å². The summed E-state index contributed by atoms with van der Waals surface area (Å²) in [7, 11) is -3.07. The van der Waals surface area contributed by atoms with Gasteiger partial charge in [0.05, 0.1) is 12.8 Å². The Morgan fingerprint density at radius 1 is 1.40 bits per heavy atom. The number of ketones is 1. The molecule has 0 bridgehead atoms. The quantitative estimate of drug-likeness (QED) is 0.608. The fourth-order valence-electron chi connectivity index (χ4n) is 1.01. The van der Waals surface area contributed by atoms with Crippen LogP contribution in [0.1, 0.15) is 40.5 Å². The van der Waals surface area contributed by atoms with Crippen molar-refractivity contribution in [2.45, 2.75) is 46.6 Å². The van der Waals surface area contributed by atoms with Gasteiger partial charge in [-0.2, -0.15) is 0 Å². The molecule has 4 nitrogen and oxygen atoms in total. The molecule has 0 N–H and O–H groups in total. The lowest BCUT2D eigenvalue weighted by molar-refractivity contribution is -0.123. The fraction of sp³-hybridized carbons (Fsp3) is 0.900. The summed E-state index contributed by atoms with van der Waals surface area (Å²) < 4.78 is 22.4. The van der Waals surface area contributed by atoms with Gasteiger partial charge in [0.1, 0.15) is 6.10 Å². The van der Waals surface area contributed by atoms with Gasteiger partial charge in [0.2, 0.25) is 0 Å². The zero-order valence-corrected chi connectivity index (χ0v) is 10.9. The molecule has 0 radical (unpaired) electrons. The minimum absolute atomic E-state index is 0.133. The maximum Gasteiger partial charge on any atom is 0.331 e.